The fraction of sp³-hybridized carbons (Fsp3) is 0.521. The van der Waals surface area contributed by atoms with Gasteiger partial charge >= 0.3 is 6.09 Å². The highest BCUT2D eigenvalue weighted by Gasteiger charge is 2.51. The minimum atomic E-state index is -0.729. The number of ether oxygens (including phenoxy) is 2. The molecule has 3 aromatic carbocycles. The number of nitrogens with one attached hydrogen (secondary N) is 3. The highest BCUT2D eigenvalue weighted by Crippen LogP contribution is 2.49. The van der Waals surface area contributed by atoms with Crippen LogP contribution in [0.15, 0.2) is 60.8 Å². The zero-order valence-corrected chi connectivity index (χ0v) is 35.8. The molecule has 0 bridgehead atoms. The maximum Gasteiger partial charge on any atom is 0.407 e. The molecule has 0 unspecified atom stereocenters. The summed E-state index contributed by atoms with van der Waals surface area (Å²) in [5.41, 5.74) is 5.84. The Morgan fingerprint density at radius 1 is 0.883 bits per heavy atom. The number of hydrogen-bond acceptors (Lipinski definition) is 7. The zero-order chi connectivity index (χ0) is 41.9. The van der Waals surface area contributed by atoms with E-state index < -0.39 is 12.1 Å². The van der Waals surface area contributed by atoms with E-state index in [0.29, 0.717) is 31.0 Å². The lowest BCUT2D eigenvalue weighted by atomic mass is 9.80. The summed E-state index contributed by atoms with van der Waals surface area (Å²) in [6.45, 7) is 12.1. The van der Waals surface area contributed by atoms with Crippen LogP contribution >= 0.6 is 0 Å². The van der Waals surface area contributed by atoms with Crippen LogP contribution in [0.1, 0.15) is 103 Å². The number of alkyl carbamates (subject to hydrolysis) is 1. The van der Waals surface area contributed by atoms with E-state index in [4.69, 9.17) is 19.4 Å². The number of H-pyrrole nitrogens is 2. The van der Waals surface area contributed by atoms with E-state index in [-0.39, 0.29) is 41.1 Å². The first-order valence-electron chi connectivity index (χ1n) is 22.1. The van der Waals surface area contributed by atoms with E-state index in [1.807, 2.05) is 31.0 Å². The molecule has 3 aliphatic heterocycles. The van der Waals surface area contributed by atoms with E-state index in [1.54, 1.807) is 0 Å². The minimum Gasteiger partial charge on any atom is -0.453 e. The van der Waals surface area contributed by atoms with Crippen molar-refractivity contribution in [3.8, 4) is 22.4 Å². The number of hydrogen-bond donors (Lipinski definition) is 3. The molecule has 3 saturated heterocycles. The summed E-state index contributed by atoms with van der Waals surface area (Å²) in [7, 11) is 1.31. The number of amides is 3. The normalized spacial score (nSPS) is 25.1. The molecule has 12 nitrogen and oxygen atoms in total. The lowest BCUT2D eigenvalue weighted by Crippen LogP contribution is -2.51. The Bertz CT molecular complexity index is 2390. The first-order chi connectivity index (χ1) is 28.9. The average molecular weight is 814 g/mol. The van der Waals surface area contributed by atoms with Crippen LogP contribution in [0.5, 0.6) is 0 Å². The second-order valence-corrected chi connectivity index (χ2v) is 18.8. The van der Waals surface area contributed by atoms with Gasteiger partial charge in [-0.1, -0.05) is 83.5 Å². The van der Waals surface area contributed by atoms with E-state index in [0.717, 1.165) is 94.5 Å². The number of imidazole rings is 2. The second-order valence-electron chi connectivity index (χ2n) is 18.8. The van der Waals surface area contributed by atoms with Gasteiger partial charge < -0.3 is 34.6 Å². The highest BCUT2D eigenvalue weighted by molar-refractivity contribution is 6.05. The molecule has 1 spiro atoms. The lowest BCUT2D eigenvalue weighted by Gasteiger charge is -2.33. The quantitative estimate of drug-likeness (QED) is 0.135. The van der Waals surface area contributed by atoms with Crippen LogP contribution in [0.3, 0.4) is 0 Å². The van der Waals surface area contributed by atoms with Gasteiger partial charge in [0, 0.05) is 35.9 Å². The summed E-state index contributed by atoms with van der Waals surface area (Å²) in [6.07, 6.45) is 8.40. The van der Waals surface area contributed by atoms with Crippen molar-refractivity contribution < 1.29 is 23.9 Å². The Morgan fingerprint density at radius 2 is 1.67 bits per heavy atom. The molecule has 4 fully saturated rings. The van der Waals surface area contributed by atoms with Crippen LogP contribution < -0.4 is 5.32 Å². The summed E-state index contributed by atoms with van der Waals surface area (Å²) < 4.78 is 10.9. The summed E-state index contributed by atoms with van der Waals surface area (Å²) in [6, 6.07) is 18.5. The molecule has 60 heavy (non-hydrogen) atoms. The Balaban J connectivity index is 0.958. The topological polar surface area (TPSA) is 146 Å². The number of benzene rings is 3. The Kier molecular flexibility index (Phi) is 10.7. The Hall–Kier alpha value is -5.23. The molecular formula is C48H59N7O5. The first kappa shape index (κ1) is 40.2. The van der Waals surface area contributed by atoms with Crippen LogP contribution in [0, 0.1) is 29.1 Å². The number of methoxy groups -OCH3 is 1. The van der Waals surface area contributed by atoms with Gasteiger partial charge in [0.25, 0.3) is 0 Å². The summed E-state index contributed by atoms with van der Waals surface area (Å²) in [5.74, 6) is 2.46. The maximum absolute atomic E-state index is 14.3. The number of likely N-dealkylation sites (tertiary alicyclic amines) is 2. The van der Waals surface area contributed by atoms with Gasteiger partial charge in [-0.15, -0.1) is 0 Å². The van der Waals surface area contributed by atoms with Crippen LogP contribution in [0.4, 0.5) is 4.79 Å². The standard InChI is InChI=1S/C48H59N7O5/c1-27(2)29(5)45(56)55-38-10-7-9-34(38)22-39(55)43-49-24-37(51-43)31-13-11-30(12-14-31)32-15-17-35-33(21-32)16-18-36-42(35)52-44(50-36)40-23-48(19-8-20-60-26-48)25-54(40)46(57)41(28(3)4)53-47(58)59-6/h11-18,21,24,27-29,34,38-41H,7-10,19-20,22-23,25-26H2,1-6H3,(H,49,51)(H,50,52)(H,53,58)/t29-,34-,38-,39-,40-,41-,48-/m0/s1. The number of aromatic nitrogens is 4. The summed E-state index contributed by atoms with van der Waals surface area (Å²) in [4.78, 5) is 61.7. The van der Waals surface area contributed by atoms with Crippen molar-refractivity contribution in [1.29, 1.82) is 0 Å². The van der Waals surface area contributed by atoms with Gasteiger partial charge in [-0.2, -0.15) is 0 Å². The van der Waals surface area contributed by atoms with Crippen LogP contribution in [0.2, 0.25) is 0 Å². The molecular weight excluding hydrogens is 755 g/mol. The van der Waals surface area contributed by atoms with Gasteiger partial charge in [-0.25, -0.2) is 14.8 Å². The van der Waals surface area contributed by atoms with Crippen molar-refractivity contribution in [2.24, 2.45) is 29.1 Å². The number of fused-ring (bicyclic) bond motifs is 4. The monoisotopic (exact) mass is 813 g/mol. The third kappa shape index (κ3) is 7.24. The largest absolute Gasteiger partial charge is 0.453 e. The van der Waals surface area contributed by atoms with Crippen molar-refractivity contribution in [2.75, 3.05) is 26.9 Å². The molecule has 5 heterocycles. The van der Waals surface area contributed by atoms with Crippen molar-refractivity contribution >= 4 is 39.7 Å². The van der Waals surface area contributed by atoms with Crippen molar-refractivity contribution in [3.05, 3.63) is 72.4 Å². The van der Waals surface area contributed by atoms with Crippen LogP contribution in [0.25, 0.3) is 44.2 Å². The smallest absolute Gasteiger partial charge is 0.407 e. The number of aromatic amines is 2. The summed E-state index contributed by atoms with van der Waals surface area (Å²) in [5, 5.41) is 4.93. The van der Waals surface area contributed by atoms with E-state index in [9.17, 15) is 14.4 Å². The minimum absolute atomic E-state index is 0.00710. The third-order valence-corrected chi connectivity index (χ3v) is 14.3. The molecule has 5 aromatic rings. The molecule has 3 amide bonds. The molecule has 0 radical (unpaired) electrons. The molecule has 9 rings (SSSR count). The predicted molar refractivity (Wildman–Crippen MR) is 232 cm³/mol. The van der Waals surface area contributed by atoms with Crippen molar-refractivity contribution in [3.63, 3.8) is 0 Å². The molecule has 1 saturated carbocycles. The molecule has 4 aliphatic rings. The average Bonchev–Trinajstić information content (AvgIpc) is 4.10. The van der Waals surface area contributed by atoms with Crippen molar-refractivity contribution in [1.82, 2.24) is 35.1 Å². The predicted octanol–water partition coefficient (Wildman–Crippen LogP) is 8.96. The van der Waals surface area contributed by atoms with Crippen LogP contribution in [-0.2, 0) is 19.1 Å². The Labute approximate surface area is 352 Å². The van der Waals surface area contributed by atoms with E-state index >= 15 is 0 Å². The van der Waals surface area contributed by atoms with Gasteiger partial charge in [0.2, 0.25) is 11.8 Å². The SMILES string of the molecule is COC(=O)N[C@H](C(=O)N1C[C@]2(CCCOC2)C[C@H]1c1nc2ccc3cc(-c4ccc(-c5cnc([C@@H]6C[C@@H]7CCC[C@@H]7N6C(=O)[C@@H](C)C(C)C)[nH]5)cc4)ccc3c2[nH]1)C(C)C. The molecule has 12 heteroatoms. The van der Waals surface area contributed by atoms with Gasteiger partial charge in [0.1, 0.15) is 17.7 Å². The second kappa shape index (κ2) is 16.0. The fourth-order valence-corrected chi connectivity index (χ4v) is 10.6. The number of rotatable bonds is 9. The molecule has 2 aromatic heterocycles. The van der Waals surface area contributed by atoms with Crippen molar-refractivity contribution in [2.45, 2.75) is 104 Å². The van der Waals surface area contributed by atoms with E-state index in [1.165, 1.54) is 20.0 Å². The number of nitrogens with zero attached hydrogens (tertiary/aromatic N) is 4. The number of carbonyl (C=O) groups excluding carboxylic acids is 3. The molecule has 7 atom stereocenters. The fourth-order valence-electron chi connectivity index (χ4n) is 10.6. The number of carbonyl (C=O) groups is 3. The maximum atomic E-state index is 14.3. The first-order valence-corrected chi connectivity index (χ1v) is 22.1. The molecule has 316 valence electrons. The third-order valence-electron chi connectivity index (χ3n) is 14.3. The zero-order valence-electron chi connectivity index (χ0n) is 35.8. The van der Waals surface area contributed by atoms with Gasteiger partial charge in [-0.3, -0.25) is 9.59 Å². The van der Waals surface area contributed by atoms with Gasteiger partial charge in [-0.05, 0) is 90.5 Å². The van der Waals surface area contributed by atoms with E-state index in [2.05, 4.69) is 89.5 Å². The van der Waals surface area contributed by atoms with Crippen LogP contribution in [-0.4, -0.2) is 86.6 Å². The Morgan fingerprint density at radius 3 is 2.40 bits per heavy atom. The lowest BCUT2D eigenvalue weighted by molar-refractivity contribution is -0.140. The summed E-state index contributed by atoms with van der Waals surface area (Å²) >= 11 is 0. The highest BCUT2D eigenvalue weighted by atomic mass is 16.5. The molecule has 1 aliphatic carbocycles. The molecule has 3 N–H and O–H groups in total. The van der Waals surface area contributed by atoms with Gasteiger partial charge in [0.05, 0.1) is 48.7 Å². The van der Waals surface area contributed by atoms with Gasteiger partial charge in [0.15, 0.2) is 0 Å².